The molecule has 8 heteroatoms. The van der Waals surface area contributed by atoms with Gasteiger partial charge in [-0.05, 0) is 12.8 Å². The predicted octanol–water partition coefficient (Wildman–Crippen LogP) is 0.436. The van der Waals surface area contributed by atoms with E-state index in [9.17, 15) is 9.59 Å². The van der Waals surface area contributed by atoms with Gasteiger partial charge in [-0.25, -0.2) is 0 Å². The molecule has 0 unspecified atom stereocenters. The Kier molecular flexibility index (Phi) is 3.67. The summed E-state index contributed by atoms with van der Waals surface area (Å²) in [6, 6.07) is 0. The Labute approximate surface area is 133 Å². The monoisotopic (exact) mass is 316 g/mol. The molecule has 122 valence electrons. The zero-order valence-corrected chi connectivity index (χ0v) is 13.2. The first-order chi connectivity index (χ1) is 10.9. The molecule has 3 heterocycles. The fourth-order valence-electron chi connectivity index (χ4n) is 3.26. The molecule has 2 aromatic heterocycles. The van der Waals surface area contributed by atoms with Gasteiger partial charge in [0.1, 0.15) is 0 Å². The Hall–Kier alpha value is -2.64. The Morgan fingerprint density at radius 2 is 2.17 bits per heavy atom. The summed E-state index contributed by atoms with van der Waals surface area (Å²) in [5.41, 5.74) is 6.70. The predicted molar refractivity (Wildman–Crippen MR) is 82.8 cm³/mol. The molecule has 3 rings (SSSR count). The van der Waals surface area contributed by atoms with Gasteiger partial charge in [0.25, 0.3) is 11.8 Å². The number of likely N-dealkylation sites (tertiary alicyclic amines) is 1. The Morgan fingerprint density at radius 1 is 1.39 bits per heavy atom. The molecule has 1 saturated heterocycles. The molecule has 1 fully saturated rings. The molecule has 0 bridgehead atoms. The zero-order valence-electron chi connectivity index (χ0n) is 13.2. The van der Waals surface area contributed by atoms with Crippen molar-refractivity contribution in [2.75, 3.05) is 13.1 Å². The average Bonchev–Trinajstić information content (AvgIpc) is 3.15. The summed E-state index contributed by atoms with van der Waals surface area (Å²) in [5.74, 6) is -0.560. The van der Waals surface area contributed by atoms with Crippen LogP contribution < -0.4 is 5.73 Å². The number of hydrogen-bond acceptors (Lipinski definition) is 4. The van der Waals surface area contributed by atoms with Crippen LogP contribution in [-0.2, 0) is 12.5 Å². The molecule has 0 spiro atoms. The lowest BCUT2D eigenvalue weighted by molar-refractivity contribution is 0.0647. The molecule has 0 radical (unpaired) electrons. The van der Waals surface area contributed by atoms with Crippen LogP contribution in [0.15, 0.2) is 18.6 Å². The number of carbonyl (C=O) groups excluding carboxylic acids is 2. The van der Waals surface area contributed by atoms with Crippen molar-refractivity contribution in [3.05, 3.63) is 35.4 Å². The molecular weight excluding hydrogens is 296 g/mol. The summed E-state index contributed by atoms with van der Waals surface area (Å²) >= 11 is 0. The highest BCUT2D eigenvalue weighted by atomic mass is 16.2. The van der Waals surface area contributed by atoms with E-state index < -0.39 is 5.91 Å². The molecule has 1 aliphatic rings. The number of carbonyl (C=O) groups is 2. The van der Waals surface area contributed by atoms with Crippen molar-refractivity contribution >= 4 is 11.8 Å². The molecule has 23 heavy (non-hydrogen) atoms. The lowest BCUT2D eigenvalue weighted by atomic mass is 9.77. The molecule has 0 saturated carbocycles. The quantitative estimate of drug-likeness (QED) is 0.856. The molecule has 1 aliphatic heterocycles. The third-order valence-electron chi connectivity index (χ3n) is 4.44. The van der Waals surface area contributed by atoms with Gasteiger partial charge < -0.3 is 10.6 Å². The summed E-state index contributed by atoms with van der Waals surface area (Å²) in [5, 5.41) is 10.9. The fraction of sp³-hybridized carbons (Fsp3) is 0.467. The van der Waals surface area contributed by atoms with E-state index in [0.29, 0.717) is 29.9 Å². The number of nitrogens with one attached hydrogen (secondary N) is 1. The largest absolute Gasteiger partial charge is 0.365 e. The van der Waals surface area contributed by atoms with Crippen LogP contribution in [0.2, 0.25) is 0 Å². The molecule has 1 atom stereocenters. The Morgan fingerprint density at radius 3 is 2.83 bits per heavy atom. The summed E-state index contributed by atoms with van der Waals surface area (Å²) < 4.78 is 1.61. The SMILES string of the molecule is Cn1cc(C(=O)N2CCC[C@@](C)(c3[nH]ncc3C(N)=O)C2)cn1. The van der Waals surface area contributed by atoms with Crippen LogP contribution in [-0.4, -0.2) is 49.8 Å². The summed E-state index contributed by atoms with van der Waals surface area (Å²) in [4.78, 5) is 26.0. The second kappa shape index (κ2) is 5.53. The lowest BCUT2D eigenvalue weighted by Gasteiger charge is -2.40. The van der Waals surface area contributed by atoms with Gasteiger partial charge in [-0.1, -0.05) is 6.92 Å². The first-order valence-electron chi connectivity index (χ1n) is 7.52. The van der Waals surface area contributed by atoms with Gasteiger partial charge in [-0.15, -0.1) is 0 Å². The second-order valence-corrected chi connectivity index (χ2v) is 6.32. The highest BCUT2D eigenvalue weighted by Crippen LogP contribution is 2.34. The van der Waals surface area contributed by atoms with Crippen LogP contribution in [0.5, 0.6) is 0 Å². The smallest absolute Gasteiger partial charge is 0.257 e. The van der Waals surface area contributed by atoms with Crippen molar-refractivity contribution in [3.63, 3.8) is 0 Å². The first-order valence-corrected chi connectivity index (χ1v) is 7.52. The Bertz CT molecular complexity index is 749. The topological polar surface area (TPSA) is 110 Å². The number of hydrogen-bond donors (Lipinski definition) is 2. The second-order valence-electron chi connectivity index (χ2n) is 6.32. The first kappa shape index (κ1) is 15.3. The molecule has 0 aliphatic carbocycles. The van der Waals surface area contributed by atoms with Gasteiger partial charge >= 0.3 is 0 Å². The zero-order chi connectivity index (χ0) is 16.6. The summed E-state index contributed by atoms with van der Waals surface area (Å²) in [6.07, 6.45) is 6.43. The van der Waals surface area contributed by atoms with Crippen molar-refractivity contribution < 1.29 is 9.59 Å². The van der Waals surface area contributed by atoms with Gasteiger partial charge in [0.05, 0.1) is 29.2 Å². The Balaban J connectivity index is 1.86. The fourth-order valence-corrected chi connectivity index (χ4v) is 3.26. The summed E-state index contributed by atoms with van der Waals surface area (Å²) in [6.45, 7) is 3.21. The highest BCUT2D eigenvalue weighted by Gasteiger charge is 2.38. The molecule has 2 aromatic rings. The normalized spacial score (nSPS) is 21.4. The number of primary amides is 1. The van der Waals surface area contributed by atoms with Gasteiger partial charge in [0, 0.05) is 31.7 Å². The van der Waals surface area contributed by atoms with Gasteiger partial charge in [-0.2, -0.15) is 10.2 Å². The van der Waals surface area contributed by atoms with Gasteiger partial charge in [0.15, 0.2) is 0 Å². The van der Waals surface area contributed by atoms with E-state index in [4.69, 9.17) is 5.73 Å². The third kappa shape index (κ3) is 2.71. The van der Waals surface area contributed by atoms with Crippen LogP contribution in [0.25, 0.3) is 0 Å². The van der Waals surface area contributed by atoms with Crippen LogP contribution in [0.4, 0.5) is 0 Å². The van der Waals surface area contributed by atoms with E-state index >= 15 is 0 Å². The average molecular weight is 316 g/mol. The van der Waals surface area contributed by atoms with Crippen LogP contribution in [0.1, 0.15) is 46.2 Å². The maximum atomic E-state index is 12.6. The number of piperidine rings is 1. The van der Waals surface area contributed by atoms with Crippen molar-refractivity contribution in [2.24, 2.45) is 12.8 Å². The van der Waals surface area contributed by atoms with E-state index in [0.717, 1.165) is 12.8 Å². The minimum absolute atomic E-state index is 0.0517. The molecule has 3 N–H and O–H groups in total. The van der Waals surface area contributed by atoms with E-state index in [1.807, 2.05) is 6.92 Å². The summed E-state index contributed by atoms with van der Waals surface area (Å²) in [7, 11) is 1.78. The minimum Gasteiger partial charge on any atom is -0.365 e. The number of nitrogens with zero attached hydrogens (tertiary/aromatic N) is 4. The molecule has 0 aromatic carbocycles. The minimum atomic E-state index is -0.509. The maximum Gasteiger partial charge on any atom is 0.257 e. The van der Waals surface area contributed by atoms with Crippen molar-refractivity contribution in [1.82, 2.24) is 24.9 Å². The van der Waals surface area contributed by atoms with E-state index in [-0.39, 0.29) is 11.3 Å². The highest BCUT2D eigenvalue weighted by molar-refractivity contribution is 5.95. The van der Waals surface area contributed by atoms with Crippen molar-refractivity contribution in [3.8, 4) is 0 Å². The van der Waals surface area contributed by atoms with Crippen LogP contribution >= 0.6 is 0 Å². The number of nitrogens with two attached hydrogens (primary N) is 1. The third-order valence-corrected chi connectivity index (χ3v) is 4.44. The molecule has 2 amide bonds. The number of aromatic nitrogens is 4. The standard InChI is InChI=1S/C15H20N6O2/c1-15(12-11(13(16)22)7-17-19-12)4-3-5-21(9-15)14(23)10-6-18-20(2)8-10/h6-8H,3-5,9H2,1-2H3,(H2,16,22)(H,17,19)/t15-/m1/s1. The molecular formula is C15H20N6O2. The van der Waals surface area contributed by atoms with Gasteiger partial charge in [-0.3, -0.25) is 19.4 Å². The van der Waals surface area contributed by atoms with Crippen LogP contribution in [0.3, 0.4) is 0 Å². The van der Waals surface area contributed by atoms with Gasteiger partial charge in [0.2, 0.25) is 0 Å². The number of aromatic amines is 1. The van der Waals surface area contributed by atoms with Crippen molar-refractivity contribution in [1.29, 1.82) is 0 Å². The number of rotatable bonds is 3. The van der Waals surface area contributed by atoms with E-state index in [2.05, 4.69) is 15.3 Å². The van der Waals surface area contributed by atoms with Crippen molar-refractivity contribution in [2.45, 2.75) is 25.2 Å². The van der Waals surface area contributed by atoms with E-state index in [1.54, 1.807) is 29.0 Å². The maximum absolute atomic E-state index is 12.6. The lowest BCUT2D eigenvalue weighted by Crippen LogP contribution is -2.47. The molecule has 8 nitrogen and oxygen atoms in total. The number of aryl methyl sites for hydroxylation is 1. The van der Waals surface area contributed by atoms with Crippen LogP contribution in [0, 0.1) is 0 Å². The van der Waals surface area contributed by atoms with E-state index in [1.165, 1.54) is 6.20 Å². The number of amides is 2. The number of H-pyrrole nitrogens is 1.